The standard InChI is InChI=1S/C18H16O3S/c1-2-3-11-21-18(20)14-9-6-8-13-16(19)12-7-4-5-10-15(12)22-17(13)14/h4-10H,2-3,11H2,1H3. The van der Waals surface area contributed by atoms with E-state index in [2.05, 4.69) is 0 Å². The van der Waals surface area contributed by atoms with Gasteiger partial charge in [0, 0.05) is 15.5 Å². The van der Waals surface area contributed by atoms with Crippen LogP contribution in [0.3, 0.4) is 0 Å². The van der Waals surface area contributed by atoms with Crippen LogP contribution in [0.1, 0.15) is 30.1 Å². The van der Waals surface area contributed by atoms with E-state index in [1.165, 1.54) is 11.3 Å². The number of unbranched alkanes of at least 4 members (excludes halogenated alkanes) is 1. The first-order chi connectivity index (χ1) is 10.7. The molecule has 22 heavy (non-hydrogen) atoms. The summed E-state index contributed by atoms with van der Waals surface area (Å²) in [5, 5.41) is 1.27. The van der Waals surface area contributed by atoms with Gasteiger partial charge in [0.25, 0.3) is 0 Å². The molecule has 0 N–H and O–H groups in total. The van der Waals surface area contributed by atoms with Gasteiger partial charge in [-0.25, -0.2) is 4.79 Å². The third kappa shape index (κ3) is 2.62. The molecule has 0 aliphatic carbocycles. The SMILES string of the molecule is CCCCOC(=O)c1cccc2c(=O)c3ccccc3sc12. The van der Waals surface area contributed by atoms with Crippen molar-refractivity contribution in [1.82, 2.24) is 0 Å². The van der Waals surface area contributed by atoms with E-state index in [9.17, 15) is 9.59 Å². The van der Waals surface area contributed by atoms with E-state index < -0.39 is 0 Å². The Kier molecular flexibility index (Phi) is 4.20. The van der Waals surface area contributed by atoms with E-state index in [1.54, 1.807) is 18.2 Å². The van der Waals surface area contributed by atoms with Gasteiger partial charge in [-0.3, -0.25) is 4.79 Å². The van der Waals surface area contributed by atoms with E-state index in [0.29, 0.717) is 27.6 Å². The molecule has 4 heteroatoms. The minimum Gasteiger partial charge on any atom is -0.462 e. The van der Waals surface area contributed by atoms with E-state index >= 15 is 0 Å². The number of esters is 1. The minimum atomic E-state index is -0.356. The molecule has 3 nitrogen and oxygen atoms in total. The summed E-state index contributed by atoms with van der Waals surface area (Å²) >= 11 is 1.46. The summed E-state index contributed by atoms with van der Waals surface area (Å²) < 4.78 is 6.88. The predicted octanol–water partition coefficient (Wildman–Crippen LogP) is 4.37. The van der Waals surface area contributed by atoms with E-state index in [0.717, 1.165) is 17.5 Å². The fraction of sp³-hybridized carbons (Fsp3) is 0.222. The topological polar surface area (TPSA) is 43.4 Å². The zero-order valence-corrected chi connectivity index (χ0v) is 13.1. The number of rotatable bonds is 4. The van der Waals surface area contributed by atoms with Gasteiger partial charge in [-0.05, 0) is 30.7 Å². The highest BCUT2D eigenvalue weighted by Gasteiger charge is 2.15. The Morgan fingerprint density at radius 1 is 1.09 bits per heavy atom. The van der Waals surface area contributed by atoms with Crippen LogP contribution in [0.15, 0.2) is 47.3 Å². The maximum Gasteiger partial charge on any atom is 0.339 e. The number of carbonyl (C=O) groups is 1. The molecule has 0 aliphatic heterocycles. The third-order valence-electron chi connectivity index (χ3n) is 3.55. The van der Waals surface area contributed by atoms with Crippen molar-refractivity contribution in [1.29, 1.82) is 0 Å². The molecule has 0 saturated heterocycles. The van der Waals surface area contributed by atoms with Crippen molar-refractivity contribution < 1.29 is 9.53 Å². The molecule has 112 valence electrons. The van der Waals surface area contributed by atoms with Crippen molar-refractivity contribution in [2.24, 2.45) is 0 Å². The fourth-order valence-electron chi connectivity index (χ4n) is 2.37. The first-order valence-corrected chi connectivity index (χ1v) is 8.15. The molecule has 0 saturated carbocycles. The number of benzene rings is 2. The summed E-state index contributed by atoms with van der Waals surface area (Å²) in [6, 6.07) is 12.7. The predicted molar refractivity (Wildman–Crippen MR) is 90.8 cm³/mol. The number of ether oxygens (including phenoxy) is 1. The van der Waals surface area contributed by atoms with Crippen molar-refractivity contribution in [3.8, 4) is 0 Å². The third-order valence-corrected chi connectivity index (χ3v) is 4.77. The molecular weight excluding hydrogens is 296 g/mol. The van der Waals surface area contributed by atoms with Gasteiger partial charge in [0.1, 0.15) is 0 Å². The maximum atomic E-state index is 12.6. The van der Waals surface area contributed by atoms with Crippen LogP contribution in [0.25, 0.3) is 20.2 Å². The molecule has 0 atom stereocenters. The van der Waals surface area contributed by atoms with Gasteiger partial charge in [0.2, 0.25) is 0 Å². The molecule has 1 heterocycles. The van der Waals surface area contributed by atoms with Gasteiger partial charge >= 0.3 is 5.97 Å². The van der Waals surface area contributed by atoms with Crippen LogP contribution in [-0.4, -0.2) is 12.6 Å². The van der Waals surface area contributed by atoms with E-state index in [-0.39, 0.29) is 11.4 Å². The summed E-state index contributed by atoms with van der Waals surface area (Å²) in [5.74, 6) is -0.356. The second-order valence-electron chi connectivity index (χ2n) is 5.10. The fourth-order valence-corrected chi connectivity index (χ4v) is 3.54. The van der Waals surface area contributed by atoms with Crippen LogP contribution in [-0.2, 0) is 4.74 Å². The number of hydrogen-bond donors (Lipinski definition) is 0. The first-order valence-electron chi connectivity index (χ1n) is 7.34. The van der Waals surface area contributed by atoms with Gasteiger partial charge in [-0.1, -0.05) is 31.5 Å². The summed E-state index contributed by atoms with van der Waals surface area (Å²) in [7, 11) is 0. The van der Waals surface area contributed by atoms with Crippen LogP contribution < -0.4 is 5.43 Å². The Balaban J connectivity index is 2.16. The maximum absolute atomic E-state index is 12.6. The molecule has 3 aromatic rings. The van der Waals surface area contributed by atoms with Gasteiger partial charge < -0.3 is 4.74 Å². The lowest BCUT2D eigenvalue weighted by Gasteiger charge is -2.07. The van der Waals surface area contributed by atoms with Gasteiger partial charge in [-0.15, -0.1) is 11.3 Å². The Morgan fingerprint density at radius 2 is 1.86 bits per heavy atom. The number of carbonyl (C=O) groups excluding carboxylic acids is 1. The zero-order valence-electron chi connectivity index (χ0n) is 12.3. The molecular formula is C18H16O3S. The second-order valence-corrected chi connectivity index (χ2v) is 6.15. The summed E-state index contributed by atoms with van der Waals surface area (Å²) in [4.78, 5) is 24.8. The van der Waals surface area contributed by atoms with Crippen molar-refractivity contribution in [2.75, 3.05) is 6.61 Å². The van der Waals surface area contributed by atoms with Crippen LogP contribution in [0.2, 0.25) is 0 Å². The summed E-state index contributed by atoms with van der Waals surface area (Å²) in [5.41, 5.74) is 0.439. The minimum absolute atomic E-state index is 0.0347. The molecule has 0 spiro atoms. The van der Waals surface area contributed by atoms with Crippen molar-refractivity contribution in [3.05, 3.63) is 58.3 Å². The van der Waals surface area contributed by atoms with Gasteiger partial charge in [0.05, 0.1) is 16.9 Å². The molecule has 0 unspecified atom stereocenters. The highest BCUT2D eigenvalue weighted by molar-refractivity contribution is 7.24. The normalized spacial score (nSPS) is 11.0. The number of hydrogen-bond acceptors (Lipinski definition) is 4. The quantitative estimate of drug-likeness (QED) is 0.408. The second kappa shape index (κ2) is 6.28. The van der Waals surface area contributed by atoms with Gasteiger partial charge in [-0.2, -0.15) is 0 Å². The largest absolute Gasteiger partial charge is 0.462 e. The van der Waals surface area contributed by atoms with E-state index in [4.69, 9.17) is 4.74 Å². The Bertz CT molecular complexity index is 896. The molecule has 0 amide bonds. The molecule has 0 fully saturated rings. The van der Waals surface area contributed by atoms with E-state index in [1.807, 2.05) is 31.2 Å². The van der Waals surface area contributed by atoms with Crippen LogP contribution in [0.5, 0.6) is 0 Å². The van der Waals surface area contributed by atoms with Crippen molar-refractivity contribution in [3.63, 3.8) is 0 Å². The van der Waals surface area contributed by atoms with Crippen molar-refractivity contribution in [2.45, 2.75) is 19.8 Å². The Labute approximate surface area is 132 Å². The smallest absolute Gasteiger partial charge is 0.339 e. The molecule has 0 radical (unpaired) electrons. The average Bonchev–Trinajstić information content (AvgIpc) is 2.55. The highest BCUT2D eigenvalue weighted by Crippen LogP contribution is 2.27. The molecule has 1 aromatic heterocycles. The molecule has 0 bridgehead atoms. The lowest BCUT2D eigenvalue weighted by molar-refractivity contribution is 0.0502. The van der Waals surface area contributed by atoms with Crippen LogP contribution in [0, 0.1) is 0 Å². The molecule has 2 aromatic carbocycles. The zero-order chi connectivity index (χ0) is 15.5. The lowest BCUT2D eigenvalue weighted by atomic mass is 10.1. The Hall–Kier alpha value is -2.20. The highest BCUT2D eigenvalue weighted by atomic mass is 32.1. The lowest BCUT2D eigenvalue weighted by Crippen LogP contribution is -2.09. The van der Waals surface area contributed by atoms with Crippen LogP contribution >= 0.6 is 11.3 Å². The van der Waals surface area contributed by atoms with Crippen molar-refractivity contribution >= 4 is 37.5 Å². The first kappa shape index (κ1) is 14.7. The van der Waals surface area contributed by atoms with Gasteiger partial charge in [0.15, 0.2) is 5.43 Å². The number of fused-ring (bicyclic) bond motifs is 2. The average molecular weight is 312 g/mol. The van der Waals surface area contributed by atoms with Crippen LogP contribution in [0.4, 0.5) is 0 Å². The summed E-state index contributed by atoms with van der Waals surface area (Å²) in [6.07, 6.45) is 1.82. The molecule has 3 rings (SSSR count). The monoisotopic (exact) mass is 312 g/mol. The molecule has 0 aliphatic rings. The summed E-state index contributed by atoms with van der Waals surface area (Å²) in [6.45, 7) is 2.46. The Morgan fingerprint density at radius 3 is 2.68 bits per heavy atom.